The first-order chi connectivity index (χ1) is 9.15. The van der Waals surface area contributed by atoms with Crippen molar-refractivity contribution in [3.05, 3.63) is 29.6 Å². The zero-order chi connectivity index (χ0) is 13.7. The lowest BCUT2D eigenvalue weighted by atomic mass is 10.2. The van der Waals surface area contributed by atoms with Crippen LogP contribution in [-0.2, 0) is 11.3 Å². The van der Waals surface area contributed by atoms with Crippen LogP contribution in [0.4, 0.5) is 4.39 Å². The van der Waals surface area contributed by atoms with E-state index in [0.717, 1.165) is 43.1 Å². The van der Waals surface area contributed by atoms with Gasteiger partial charge >= 0.3 is 0 Å². The van der Waals surface area contributed by atoms with Crippen molar-refractivity contribution >= 4 is 11.8 Å². The molecule has 0 radical (unpaired) electrons. The summed E-state index contributed by atoms with van der Waals surface area (Å²) in [6.45, 7) is 6.50. The number of halogens is 1. The van der Waals surface area contributed by atoms with Crippen molar-refractivity contribution in [1.82, 2.24) is 5.32 Å². The van der Waals surface area contributed by atoms with E-state index in [-0.39, 0.29) is 5.82 Å². The molecule has 0 unspecified atom stereocenters. The van der Waals surface area contributed by atoms with Gasteiger partial charge in [0.25, 0.3) is 0 Å². The summed E-state index contributed by atoms with van der Waals surface area (Å²) in [6.07, 6.45) is 2.03. The lowest BCUT2D eigenvalue weighted by Crippen LogP contribution is -2.21. The van der Waals surface area contributed by atoms with Crippen molar-refractivity contribution in [3.8, 4) is 0 Å². The maximum Gasteiger partial charge on any atom is 0.137 e. The first-order valence-corrected chi connectivity index (χ1v) is 7.79. The fourth-order valence-corrected chi connectivity index (χ4v) is 3.15. The molecule has 1 aliphatic rings. The van der Waals surface area contributed by atoms with Gasteiger partial charge in [-0.3, -0.25) is 0 Å². The molecule has 1 fully saturated rings. The molecule has 1 aliphatic heterocycles. The maximum absolute atomic E-state index is 14.0. The number of nitrogens with one attached hydrogen (secondary N) is 1. The Labute approximate surface area is 119 Å². The lowest BCUT2D eigenvalue weighted by Gasteiger charge is -2.21. The summed E-state index contributed by atoms with van der Waals surface area (Å²) in [5.74, 6) is -0.0976. The smallest absolute Gasteiger partial charge is 0.137 e. The van der Waals surface area contributed by atoms with Crippen LogP contribution in [0.3, 0.4) is 0 Å². The van der Waals surface area contributed by atoms with Gasteiger partial charge in [-0.05, 0) is 30.5 Å². The summed E-state index contributed by atoms with van der Waals surface area (Å²) in [5, 5.41) is 3.79. The lowest BCUT2D eigenvalue weighted by molar-refractivity contribution is 0.1000. The molecule has 0 bridgehead atoms. The van der Waals surface area contributed by atoms with Crippen LogP contribution in [0.25, 0.3) is 0 Å². The normalized spacial score (nSPS) is 17.1. The van der Waals surface area contributed by atoms with Crippen LogP contribution in [0.15, 0.2) is 23.1 Å². The van der Waals surface area contributed by atoms with Crippen molar-refractivity contribution in [3.63, 3.8) is 0 Å². The molecule has 1 N–H and O–H groups in total. The Morgan fingerprint density at radius 3 is 2.74 bits per heavy atom. The van der Waals surface area contributed by atoms with E-state index in [1.165, 1.54) is 0 Å². The maximum atomic E-state index is 14.0. The fraction of sp³-hybridized carbons (Fsp3) is 0.600. The number of hydrogen-bond acceptors (Lipinski definition) is 3. The fourth-order valence-electron chi connectivity index (χ4n) is 2.05. The Hall–Kier alpha value is -0.580. The molecule has 0 saturated carbocycles. The highest BCUT2D eigenvalue weighted by Crippen LogP contribution is 2.31. The summed E-state index contributed by atoms with van der Waals surface area (Å²) in [4.78, 5) is 0.764. The van der Waals surface area contributed by atoms with Crippen LogP contribution in [0.5, 0.6) is 0 Å². The number of thioether (sulfide) groups is 1. The van der Waals surface area contributed by atoms with E-state index in [1.54, 1.807) is 17.8 Å². The highest BCUT2D eigenvalue weighted by molar-refractivity contribution is 8.00. The van der Waals surface area contributed by atoms with Gasteiger partial charge in [-0.15, -0.1) is 11.8 Å². The number of hydrogen-bond donors (Lipinski definition) is 1. The van der Waals surface area contributed by atoms with Gasteiger partial charge in [-0.2, -0.15) is 0 Å². The summed E-state index contributed by atoms with van der Waals surface area (Å²) in [6, 6.07) is 5.99. The van der Waals surface area contributed by atoms with Crippen molar-refractivity contribution in [2.45, 2.75) is 49.4 Å². The van der Waals surface area contributed by atoms with Gasteiger partial charge in [0, 0.05) is 35.9 Å². The topological polar surface area (TPSA) is 21.3 Å². The van der Waals surface area contributed by atoms with Gasteiger partial charge in [-0.25, -0.2) is 4.39 Å². The standard InChI is InChI=1S/C15H22FNOS/c1-11(2)17-10-12-3-4-15(14(16)9-12)19-13-5-7-18-8-6-13/h3-4,9,11,13,17H,5-8,10H2,1-2H3. The summed E-state index contributed by atoms with van der Waals surface area (Å²) in [5.41, 5.74) is 1.00. The predicted molar refractivity (Wildman–Crippen MR) is 78.1 cm³/mol. The van der Waals surface area contributed by atoms with E-state index < -0.39 is 0 Å². The number of benzene rings is 1. The molecule has 4 heteroatoms. The average Bonchev–Trinajstić information content (AvgIpc) is 2.40. The van der Waals surface area contributed by atoms with Crippen LogP contribution in [0, 0.1) is 5.82 Å². The van der Waals surface area contributed by atoms with E-state index in [2.05, 4.69) is 19.2 Å². The molecule has 106 valence electrons. The minimum Gasteiger partial charge on any atom is -0.381 e. The molecule has 0 aromatic heterocycles. The SMILES string of the molecule is CC(C)NCc1ccc(SC2CCOCC2)c(F)c1. The van der Waals surface area contributed by atoms with E-state index in [9.17, 15) is 4.39 Å². The van der Waals surface area contributed by atoms with Crippen molar-refractivity contribution in [2.75, 3.05) is 13.2 Å². The third-order valence-corrected chi connectivity index (χ3v) is 4.56. The summed E-state index contributed by atoms with van der Waals surface area (Å²) >= 11 is 1.65. The Kier molecular flexibility index (Phi) is 5.67. The second-order valence-corrected chi connectivity index (χ2v) is 6.57. The zero-order valence-electron chi connectivity index (χ0n) is 11.6. The Morgan fingerprint density at radius 2 is 2.11 bits per heavy atom. The van der Waals surface area contributed by atoms with Crippen LogP contribution >= 0.6 is 11.8 Å². The van der Waals surface area contributed by atoms with Gasteiger partial charge < -0.3 is 10.1 Å². The molecule has 2 rings (SSSR count). The van der Waals surface area contributed by atoms with Gasteiger partial charge in [0.2, 0.25) is 0 Å². The first kappa shape index (κ1) is 14.8. The van der Waals surface area contributed by atoms with E-state index in [1.807, 2.05) is 12.1 Å². The molecule has 19 heavy (non-hydrogen) atoms. The Morgan fingerprint density at radius 1 is 1.37 bits per heavy atom. The molecular formula is C15H22FNOS. The molecule has 1 saturated heterocycles. The third-order valence-electron chi connectivity index (χ3n) is 3.17. The summed E-state index contributed by atoms with van der Waals surface area (Å²) in [7, 11) is 0. The quantitative estimate of drug-likeness (QED) is 0.892. The van der Waals surface area contributed by atoms with Crippen LogP contribution in [-0.4, -0.2) is 24.5 Å². The Bertz CT molecular complexity index is 405. The molecule has 0 atom stereocenters. The van der Waals surface area contributed by atoms with Gasteiger partial charge in [-0.1, -0.05) is 19.9 Å². The molecule has 0 aliphatic carbocycles. The highest BCUT2D eigenvalue weighted by atomic mass is 32.2. The van der Waals surface area contributed by atoms with Crippen LogP contribution in [0.1, 0.15) is 32.3 Å². The van der Waals surface area contributed by atoms with E-state index in [0.29, 0.717) is 11.3 Å². The second kappa shape index (κ2) is 7.27. The predicted octanol–water partition coefficient (Wildman–Crippen LogP) is 3.59. The van der Waals surface area contributed by atoms with Crippen LogP contribution in [0.2, 0.25) is 0 Å². The number of ether oxygens (including phenoxy) is 1. The number of rotatable bonds is 5. The van der Waals surface area contributed by atoms with Crippen molar-refractivity contribution in [2.24, 2.45) is 0 Å². The average molecular weight is 283 g/mol. The minimum atomic E-state index is -0.0976. The molecule has 1 heterocycles. The molecule has 1 aromatic rings. The highest BCUT2D eigenvalue weighted by Gasteiger charge is 2.16. The van der Waals surface area contributed by atoms with Gasteiger partial charge in [0.05, 0.1) is 0 Å². The zero-order valence-corrected chi connectivity index (χ0v) is 12.4. The van der Waals surface area contributed by atoms with Gasteiger partial charge in [0.15, 0.2) is 0 Å². The third kappa shape index (κ3) is 4.79. The largest absolute Gasteiger partial charge is 0.381 e. The molecule has 0 amide bonds. The molecule has 2 nitrogen and oxygen atoms in total. The summed E-state index contributed by atoms with van der Waals surface area (Å²) < 4.78 is 19.4. The van der Waals surface area contributed by atoms with E-state index >= 15 is 0 Å². The first-order valence-electron chi connectivity index (χ1n) is 6.91. The monoisotopic (exact) mass is 283 g/mol. The van der Waals surface area contributed by atoms with Crippen molar-refractivity contribution < 1.29 is 9.13 Å². The van der Waals surface area contributed by atoms with Crippen LogP contribution < -0.4 is 5.32 Å². The minimum absolute atomic E-state index is 0.0976. The molecular weight excluding hydrogens is 261 g/mol. The second-order valence-electron chi connectivity index (χ2n) is 5.23. The Balaban J connectivity index is 1.94. The van der Waals surface area contributed by atoms with Crippen molar-refractivity contribution in [1.29, 1.82) is 0 Å². The van der Waals surface area contributed by atoms with Gasteiger partial charge in [0.1, 0.15) is 5.82 Å². The molecule has 0 spiro atoms. The van der Waals surface area contributed by atoms with E-state index in [4.69, 9.17) is 4.74 Å². The molecule has 1 aromatic carbocycles.